The Labute approximate surface area is 214 Å². The minimum atomic E-state index is -1.82. The van der Waals surface area contributed by atoms with Gasteiger partial charge in [0.1, 0.15) is 17.6 Å². The van der Waals surface area contributed by atoms with E-state index in [0.717, 1.165) is 17.5 Å². The maximum absolute atomic E-state index is 12.9. The van der Waals surface area contributed by atoms with Gasteiger partial charge in [-0.3, -0.25) is 4.79 Å². The zero-order valence-electron chi connectivity index (χ0n) is 18.5. The van der Waals surface area contributed by atoms with Crippen molar-refractivity contribution in [1.82, 2.24) is 0 Å². The van der Waals surface area contributed by atoms with Crippen LogP contribution in [0.4, 0.5) is 0 Å². The van der Waals surface area contributed by atoms with Gasteiger partial charge in [0.25, 0.3) is 5.79 Å². The summed E-state index contributed by atoms with van der Waals surface area (Å²) < 4.78 is 24.7. The van der Waals surface area contributed by atoms with Gasteiger partial charge in [-0.2, -0.15) is 0 Å². The van der Waals surface area contributed by atoms with Gasteiger partial charge in [0, 0.05) is 24.4 Å². The number of rotatable bonds is 4. The number of hydrogen-bond acceptors (Lipinski definition) is 7. The molecule has 1 aliphatic carbocycles. The monoisotopic (exact) mass is 572 g/mol. The molecule has 0 aromatic heterocycles. The molecule has 2 aromatic carbocycles. The molecule has 3 aliphatic heterocycles. The first-order chi connectivity index (χ1) is 16.2. The number of phenols is 1. The molecular weight excluding hydrogens is 551 g/mol. The van der Waals surface area contributed by atoms with Crippen molar-refractivity contribution in [3.8, 4) is 11.5 Å². The highest BCUT2D eigenvalue weighted by atomic mass is 79.9. The minimum Gasteiger partial charge on any atom is -0.506 e. The SMILES string of the molecule is CCc1c2c(c(O)c3c4c(c(Cl)cc13)C1OC3(CCl)OC1[C@@](OC)(O4)[C@@]3(O)CBr)C(=O)CCC2. The van der Waals surface area contributed by atoms with Gasteiger partial charge in [-0.05, 0) is 41.8 Å². The molecule has 4 aliphatic rings. The molecule has 0 spiro atoms. The van der Waals surface area contributed by atoms with Crippen molar-refractivity contribution >= 4 is 55.7 Å². The molecule has 2 fully saturated rings. The maximum Gasteiger partial charge on any atom is 0.275 e. The van der Waals surface area contributed by atoms with Crippen molar-refractivity contribution in [3.05, 3.63) is 33.3 Å². The average Bonchev–Trinajstić information content (AvgIpc) is 3.33. The summed E-state index contributed by atoms with van der Waals surface area (Å²) in [5, 5.41) is 24.7. The second-order valence-corrected chi connectivity index (χ2v) is 10.5. The first-order valence-electron chi connectivity index (χ1n) is 11.2. The Kier molecular flexibility index (Phi) is 5.10. The van der Waals surface area contributed by atoms with Gasteiger partial charge in [0.2, 0.25) is 5.79 Å². The fourth-order valence-electron chi connectivity index (χ4n) is 6.33. The van der Waals surface area contributed by atoms with E-state index in [4.69, 9.17) is 42.1 Å². The van der Waals surface area contributed by atoms with Crippen LogP contribution in [0.3, 0.4) is 0 Å². The molecule has 0 radical (unpaired) electrons. The minimum absolute atomic E-state index is 0.0162. The summed E-state index contributed by atoms with van der Waals surface area (Å²) in [5.74, 6) is -3.50. The molecule has 5 atom stereocenters. The number of ketones is 1. The van der Waals surface area contributed by atoms with Crippen molar-refractivity contribution in [1.29, 1.82) is 0 Å². The van der Waals surface area contributed by atoms with E-state index in [9.17, 15) is 15.0 Å². The second-order valence-electron chi connectivity index (χ2n) is 9.27. The van der Waals surface area contributed by atoms with Crippen LogP contribution in [0.15, 0.2) is 6.07 Å². The quantitative estimate of drug-likeness (QED) is 0.518. The Morgan fingerprint density at radius 2 is 2.09 bits per heavy atom. The average molecular weight is 574 g/mol. The number of halogens is 3. The van der Waals surface area contributed by atoms with Crippen LogP contribution in [0.5, 0.6) is 11.5 Å². The van der Waals surface area contributed by atoms with Crippen LogP contribution >= 0.6 is 39.1 Å². The summed E-state index contributed by atoms with van der Waals surface area (Å²) >= 11 is 16.4. The lowest BCUT2D eigenvalue weighted by molar-refractivity contribution is -0.339. The Hall–Kier alpha value is -1.13. The van der Waals surface area contributed by atoms with E-state index in [-0.39, 0.29) is 28.5 Å². The van der Waals surface area contributed by atoms with E-state index in [2.05, 4.69) is 15.9 Å². The molecule has 0 saturated carbocycles. The van der Waals surface area contributed by atoms with Crippen molar-refractivity contribution in [2.45, 2.75) is 62.0 Å². The number of fused-ring (bicyclic) bond motifs is 6. The van der Waals surface area contributed by atoms with E-state index in [1.54, 1.807) is 6.07 Å². The maximum atomic E-state index is 12.9. The van der Waals surface area contributed by atoms with Gasteiger partial charge in [0.15, 0.2) is 17.5 Å². The van der Waals surface area contributed by atoms with Crippen LogP contribution in [0.1, 0.15) is 52.9 Å². The number of carbonyl (C=O) groups is 1. The normalized spacial score (nSPS) is 35.4. The number of alkyl halides is 2. The van der Waals surface area contributed by atoms with Crippen molar-refractivity contribution in [3.63, 3.8) is 0 Å². The third kappa shape index (κ3) is 2.41. The number of benzene rings is 2. The highest BCUT2D eigenvalue weighted by Gasteiger charge is 2.84. The summed E-state index contributed by atoms with van der Waals surface area (Å²) in [5.41, 5.74) is 0.784. The second kappa shape index (κ2) is 7.44. The van der Waals surface area contributed by atoms with Crippen LogP contribution in [-0.4, -0.2) is 57.6 Å². The molecule has 3 unspecified atom stereocenters. The largest absolute Gasteiger partial charge is 0.506 e. The smallest absolute Gasteiger partial charge is 0.275 e. The molecule has 34 heavy (non-hydrogen) atoms. The molecule has 6 rings (SSSR count). The lowest BCUT2D eigenvalue weighted by Gasteiger charge is -2.53. The van der Waals surface area contributed by atoms with E-state index in [0.29, 0.717) is 46.2 Å². The molecule has 10 heteroatoms. The Morgan fingerprint density at radius 3 is 2.74 bits per heavy atom. The van der Waals surface area contributed by atoms with Gasteiger partial charge >= 0.3 is 0 Å². The predicted octanol–water partition coefficient (Wildman–Crippen LogP) is 4.55. The predicted molar refractivity (Wildman–Crippen MR) is 129 cm³/mol. The van der Waals surface area contributed by atoms with Crippen molar-refractivity contribution in [2.24, 2.45) is 0 Å². The number of hydrogen-bond donors (Lipinski definition) is 2. The summed E-state index contributed by atoms with van der Waals surface area (Å²) in [6.45, 7) is 2.00. The summed E-state index contributed by atoms with van der Waals surface area (Å²) in [7, 11) is 1.41. The number of methoxy groups -OCH3 is 1. The summed E-state index contributed by atoms with van der Waals surface area (Å²) in [6.07, 6.45) is 0.817. The molecule has 0 amide bonds. The van der Waals surface area contributed by atoms with Crippen molar-refractivity contribution < 1.29 is 34.0 Å². The van der Waals surface area contributed by atoms with E-state index in [1.807, 2.05) is 6.92 Å². The fourth-order valence-corrected chi connectivity index (χ4v) is 7.80. The number of aryl methyl sites for hydroxylation is 1. The van der Waals surface area contributed by atoms with Gasteiger partial charge in [0.05, 0.1) is 21.9 Å². The van der Waals surface area contributed by atoms with Crippen molar-refractivity contribution in [2.75, 3.05) is 18.3 Å². The standard InChI is InChI=1S/C24H23BrCl2O7/c1-3-10-11-5-4-6-14(28)15(11)18(29)16-12(10)7-13(27)17-19(16)33-24(31-2)21-20(17)32-23(9-26,34-21)22(24,30)8-25/h7,20-21,29-30H,3-6,8-9H2,1-2H3/t20?,21?,22-,23?,24-/m1/s1. The fraction of sp³-hybridized carbons (Fsp3) is 0.542. The zero-order chi connectivity index (χ0) is 24.2. The van der Waals surface area contributed by atoms with E-state index in [1.165, 1.54) is 7.11 Å². The highest BCUT2D eigenvalue weighted by Crippen LogP contribution is 2.67. The molecule has 2 N–H and O–H groups in total. The van der Waals surface area contributed by atoms with Gasteiger partial charge in [-0.15, -0.1) is 11.6 Å². The van der Waals surface area contributed by atoms with Gasteiger partial charge < -0.3 is 29.2 Å². The Balaban J connectivity index is 1.72. The summed E-state index contributed by atoms with van der Waals surface area (Å²) in [6, 6.07) is 1.79. The molecule has 182 valence electrons. The third-order valence-electron chi connectivity index (χ3n) is 7.90. The van der Waals surface area contributed by atoms with E-state index >= 15 is 0 Å². The number of phenolic OH excluding ortho intramolecular Hbond substituents is 1. The van der Waals surface area contributed by atoms with Gasteiger partial charge in [-0.25, -0.2) is 0 Å². The molecule has 2 bridgehead atoms. The lowest BCUT2D eigenvalue weighted by Crippen LogP contribution is -2.74. The number of aliphatic hydroxyl groups is 1. The number of ether oxygens (including phenoxy) is 4. The molecule has 3 heterocycles. The number of Topliss-reactive ketones (excluding diaryl/α,β-unsaturated/α-hetero) is 1. The Bertz CT molecular complexity index is 1270. The molecule has 2 saturated heterocycles. The van der Waals surface area contributed by atoms with Crippen LogP contribution in [-0.2, 0) is 27.1 Å². The lowest BCUT2D eigenvalue weighted by atomic mass is 9.77. The summed E-state index contributed by atoms with van der Waals surface area (Å²) in [4.78, 5) is 12.9. The van der Waals surface area contributed by atoms with Crippen LogP contribution in [0.25, 0.3) is 10.8 Å². The number of carbonyl (C=O) groups excluding carboxylic acids is 1. The van der Waals surface area contributed by atoms with E-state index < -0.39 is 29.4 Å². The molecule has 2 aromatic rings. The Morgan fingerprint density at radius 1 is 1.32 bits per heavy atom. The number of aromatic hydroxyl groups is 1. The third-order valence-corrected chi connectivity index (χ3v) is 9.37. The van der Waals surface area contributed by atoms with Crippen LogP contribution < -0.4 is 4.74 Å². The first kappa shape index (κ1) is 23.3. The highest BCUT2D eigenvalue weighted by molar-refractivity contribution is 9.09. The van der Waals surface area contributed by atoms with Crippen LogP contribution in [0, 0.1) is 0 Å². The molecular formula is C24H23BrCl2O7. The first-order valence-corrected chi connectivity index (χ1v) is 13.3. The zero-order valence-corrected chi connectivity index (χ0v) is 21.6. The van der Waals surface area contributed by atoms with Crippen LogP contribution in [0.2, 0.25) is 5.02 Å². The topological polar surface area (TPSA) is 94.5 Å². The van der Waals surface area contributed by atoms with Gasteiger partial charge in [-0.1, -0.05) is 34.5 Å². The molecule has 7 nitrogen and oxygen atoms in total.